The number of esters is 2. The van der Waals surface area contributed by atoms with Crippen molar-refractivity contribution in [2.24, 2.45) is 0 Å². The van der Waals surface area contributed by atoms with Crippen molar-refractivity contribution in [3.63, 3.8) is 0 Å². The summed E-state index contributed by atoms with van der Waals surface area (Å²) < 4.78 is 11.5. The van der Waals surface area contributed by atoms with E-state index >= 15 is 0 Å². The number of fused-ring (bicyclic) bond motifs is 1. The number of benzene rings is 6. The Hall–Kier alpha value is -7.26. The molecule has 0 saturated carbocycles. The Morgan fingerprint density at radius 2 is 0.855 bits per heavy atom. The van der Waals surface area contributed by atoms with Gasteiger partial charge in [-0.1, -0.05) is 120 Å². The second-order valence-electron chi connectivity index (χ2n) is 13.1. The van der Waals surface area contributed by atoms with Crippen LogP contribution in [0.1, 0.15) is 96.6 Å². The summed E-state index contributed by atoms with van der Waals surface area (Å²) in [6.45, 7) is 3.80. The average Bonchev–Trinajstić information content (AvgIpc) is 3.47. The van der Waals surface area contributed by atoms with Crippen LogP contribution >= 0.6 is 0 Å². The minimum atomic E-state index is -1.26. The van der Waals surface area contributed by atoms with Crippen molar-refractivity contribution in [3.8, 4) is 0 Å². The van der Waals surface area contributed by atoms with E-state index in [0.717, 1.165) is 16.0 Å². The largest absolute Gasteiger partial charge is 0.445 e. The number of ketones is 2. The number of carbonyl (C=O) groups excluding carboxylic acids is 6. The van der Waals surface area contributed by atoms with E-state index in [1.54, 1.807) is 109 Å². The van der Waals surface area contributed by atoms with Crippen LogP contribution in [-0.2, 0) is 9.47 Å². The number of aryl methyl sites for hydroxylation is 2. The molecule has 0 aromatic heterocycles. The van der Waals surface area contributed by atoms with E-state index in [0.29, 0.717) is 22.3 Å². The standard InChI is InChI=1S/C46H33NO8/c1-28-13-17-30(18-14-28)39(48)41(32-9-5-3-6-10-32)54-45(52)34-21-24-36(25-22-34)47-43(50)37-26-23-35(27-38(37)44(47)51)46(53)55-42(33-11-7-4-8-12-33)40(49)31-19-15-29(2)16-20-31/h3-27,41-42H,1-2H3/t41-,42-/m1/s1. The molecule has 2 amide bonds. The fourth-order valence-corrected chi connectivity index (χ4v) is 6.24. The number of imide groups is 1. The van der Waals surface area contributed by atoms with E-state index < -0.39 is 41.7 Å². The number of Topliss-reactive ketones (excluding diaryl/α,β-unsaturated/α-hetero) is 2. The number of ether oxygens (including phenoxy) is 2. The Kier molecular flexibility index (Phi) is 10.1. The fraction of sp³-hybridized carbons (Fsp3) is 0.0870. The Labute approximate surface area is 316 Å². The van der Waals surface area contributed by atoms with Crippen LogP contribution in [0.2, 0.25) is 0 Å². The SMILES string of the molecule is Cc1ccc(C(=O)[C@H](OC(=O)c2ccc(N3C(=O)c4ccc(C(=O)O[C@@H](C(=O)c5ccc(C)cc5)c5ccccc5)cc4C3=O)cc2)c2ccccc2)cc1. The van der Waals surface area contributed by atoms with Crippen molar-refractivity contribution in [1.29, 1.82) is 0 Å². The summed E-state index contributed by atoms with van der Waals surface area (Å²) in [5, 5.41) is 0. The third-order valence-corrected chi connectivity index (χ3v) is 9.29. The van der Waals surface area contributed by atoms with Gasteiger partial charge in [0.05, 0.1) is 27.9 Å². The summed E-state index contributed by atoms with van der Waals surface area (Å²) in [6.07, 6.45) is -2.47. The summed E-state index contributed by atoms with van der Waals surface area (Å²) in [7, 11) is 0. The Morgan fingerprint density at radius 3 is 1.33 bits per heavy atom. The molecular weight excluding hydrogens is 695 g/mol. The first-order valence-electron chi connectivity index (χ1n) is 17.5. The summed E-state index contributed by atoms with van der Waals surface area (Å²) in [6, 6.07) is 40.9. The van der Waals surface area contributed by atoms with Crippen LogP contribution in [-0.4, -0.2) is 35.3 Å². The molecule has 0 N–H and O–H groups in total. The molecule has 0 bridgehead atoms. The van der Waals surface area contributed by atoms with Crippen molar-refractivity contribution < 1.29 is 38.2 Å². The monoisotopic (exact) mass is 727 g/mol. The predicted molar refractivity (Wildman–Crippen MR) is 204 cm³/mol. The van der Waals surface area contributed by atoms with Gasteiger partial charge in [0.25, 0.3) is 11.8 Å². The summed E-state index contributed by atoms with van der Waals surface area (Å²) >= 11 is 0. The van der Waals surface area contributed by atoms with Gasteiger partial charge in [-0.25, -0.2) is 14.5 Å². The molecule has 1 heterocycles. The van der Waals surface area contributed by atoms with Crippen molar-refractivity contribution in [1.82, 2.24) is 0 Å². The van der Waals surface area contributed by atoms with E-state index in [-0.39, 0.29) is 33.7 Å². The first-order chi connectivity index (χ1) is 26.6. The van der Waals surface area contributed by atoms with Crippen LogP contribution in [0, 0.1) is 13.8 Å². The Morgan fingerprint density at radius 1 is 0.455 bits per heavy atom. The van der Waals surface area contributed by atoms with Gasteiger partial charge in [-0.05, 0) is 56.3 Å². The third-order valence-electron chi connectivity index (χ3n) is 9.29. The number of amides is 2. The number of hydrogen-bond donors (Lipinski definition) is 0. The molecule has 6 aromatic carbocycles. The predicted octanol–water partition coefficient (Wildman–Crippen LogP) is 8.67. The average molecular weight is 728 g/mol. The summed E-state index contributed by atoms with van der Waals surface area (Å²) in [5.74, 6) is -3.75. The van der Waals surface area contributed by atoms with Gasteiger partial charge in [-0.2, -0.15) is 0 Å². The van der Waals surface area contributed by atoms with Gasteiger partial charge in [0, 0.05) is 22.3 Å². The van der Waals surface area contributed by atoms with E-state index in [9.17, 15) is 28.8 Å². The van der Waals surface area contributed by atoms with Gasteiger partial charge < -0.3 is 9.47 Å². The zero-order valence-electron chi connectivity index (χ0n) is 29.8. The highest BCUT2D eigenvalue weighted by atomic mass is 16.6. The van der Waals surface area contributed by atoms with Gasteiger partial charge in [0.15, 0.2) is 12.2 Å². The lowest BCUT2D eigenvalue weighted by Gasteiger charge is -2.18. The van der Waals surface area contributed by atoms with Gasteiger partial charge in [-0.3, -0.25) is 19.2 Å². The lowest BCUT2D eigenvalue weighted by Crippen LogP contribution is -2.29. The number of rotatable bonds is 11. The molecule has 1 aliphatic heterocycles. The van der Waals surface area contributed by atoms with Crippen molar-refractivity contribution in [2.45, 2.75) is 26.1 Å². The fourth-order valence-electron chi connectivity index (χ4n) is 6.24. The van der Waals surface area contributed by atoms with Crippen LogP contribution in [0.15, 0.2) is 152 Å². The van der Waals surface area contributed by atoms with Crippen molar-refractivity contribution in [3.05, 3.63) is 207 Å². The molecule has 0 aliphatic carbocycles. The molecule has 7 rings (SSSR count). The van der Waals surface area contributed by atoms with E-state index in [1.807, 2.05) is 13.8 Å². The van der Waals surface area contributed by atoms with Gasteiger partial charge in [0.1, 0.15) is 0 Å². The third kappa shape index (κ3) is 7.49. The molecule has 0 radical (unpaired) electrons. The van der Waals surface area contributed by atoms with E-state index in [1.165, 1.54) is 42.5 Å². The number of nitrogens with zero attached hydrogens (tertiary/aromatic N) is 1. The normalized spacial score (nSPS) is 13.1. The Balaban J connectivity index is 1.08. The zero-order valence-corrected chi connectivity index (χ0v) is 29.8. The molecular formula is C46H33NO8. The van der Waals surface area contributed by atoms with E-state index in [4.69, 9.17) is 9.47 Å². The second-order valence-corrected chi connectivity index (χ2v) is 13.1. The molecule has 6 aromatic rings. The minimum Gasteiger partial charge on any atom is -0.445 e. The molecule has 0 fully saturated rings. The second kappa shape index (κ2) is 15.4. The first-order valence-corrected chi connectivity index (χ1v) is 17.5. The number of hydrogen-bond acceptors (Lipinski definition) is 8. The molecule has 9 heteroatoms. The number of carbonyl (C=O) groups is 6. The maximum atomic E-state index is 13.7. The van der Waals surface area contributed by atoms with Gasteiger partial charge >= 0.3 is 11.9 Å². The Bertz CT molecular complexity index is 2440. The molecule has 0 saturated heterocycles. The molecule has 1 aliphatic rings. The minimum absolute atomic E-state index is 0.0226. The quantitative estimate of drug-likeness (QED) is 0.0738. The van der Waals surface area contributed by atoms with Crippen LogP contribution in [0.25, 0.3) is 0 Å². The zero-order chi connectivity index (χ0) is 38.6. The molecule has 0 unspecified atom stereocenters. The van der Waals surface area contributed by atoms with Gasteiger partial charge in [0.2, 0.25) is 11.6 Å². The highest BCUT2D eigenvalue weighted by Crippen LogP contribution is 2.32. The highest BCUT2D eigenvalue weighted by molar-refractivity contribution is 6.34. The van der Waals surface area contributed by atoms with Crippen molar-refractivity contribution >= 4 is 41.0 Å². The van der Waals surface area contributed by atoms with Crippen LogP contribution < -0.4 is 4.90 Å². The van der Waals surface area contributed by atoms with Crippen LogP contribution in [0.5, 0.6) is 0 Å². The maximum Gasteiger partial charge on any atom is 0.339 e. The molecule has 55 heavy (non-hydrogen) atoms. The molecule has 2 atom stereocenters. The highest BCUT2D eigenvalue weighted by Gasteiger charge is 2.38. The molecule has 9 nitrogen and oxygen atoms in total. The lowest BCUT2D eigenvalue weighted by molar-refractivity contribution is 0.0278. The lowest BCUT2D eigenvalue weighted by atomic mass is 9.99. The van der Waals surface area contributed by atoms with E-state index in [2.05, 4.69) is 0 Å². The van der Waals surface area contributed by atoms with Crippen LogP contribution in [0.3, 0.4) is 0 Å². The van der Waals surface area contributed by atoms with Gasteiger partial charge in [-0.15, -0.1) is 0 Å². The molecule has 270 valence electrons. The number of anilines is 1. The summed E-state index contributed by atoms with van der Waals surface area (Å²) in [4.78, 5) is 82.1. The topological polar surface area (TPSA) is 124 Å². The van der Waals surface area contributed by atoms with Crippen molar-refractivity contribution in [2.75, 3.05) is 4.90 Å². The summed E-state index contributed by atoms with van der Waals surface area (Å²) in [5.41, 5.74) is 3.96. The maximum absolute atomic E-state index is 13.7. The smallest absolute Gasteiger partial charge is 0.339 e. The first kappa shape index (κ1) is 36.1. The molecule has 0 spiro atoms. The van der Waals surface area contributed by atoms with Crippen LogP contribution in [0.4, 0.5) is 5.69 Å².